The molecule has 0 bridgehead atoms. The number of benzene rings is 1. The molecule has 1 aromatic carbocycles. The zero-order valence-corrected chi connectivity index (χ0v) is 9.05. The number of hydrogen-bond acceptors (Lipinski definition) is 4. The Hall–Kier alpha value is -1.75. The summed E-state index contributed by atoms with van der Waals surface area (Å²) in [5, 5.41) is 8.57. The number of rotatable bonds is 6. The van der Waals surface area contributed by atoms with Crippen LogP contribution in [0.1, 0.15) is 6.92 Å². The summed E-state index contributed by atoms with van der Waals surface area (Å²) in [6.45, 7) is 2.39. The second-order valence-corrected chi connectivity index (χ2v) is 3.16. The van der Waals surface area contributed by atoms with Gasteiger partial charge in [0.15, 0.2) is 0 Å². The second kappa shape index (κ2) is 5.97. The predicted molar refractivity (Wildman–Crippen MR) is 58.7 cm³/mol. The van der Waals surface area contributed by atoms with Crippen molar-refractivity contribution >= 4 is 5.97 Å². The lowest BCUT2D eigenvalue weighted by Crippen LogP contribution is -2.36. The van der Waals surface area contributed by atoms with Crippen molar-refractivity contribution in [1.29, 1.82) is 0 Å². The molecule has 0 amide bonds. The van der Waals surface area contributed by atoms with Gasteiger partial charge in [0, 0.05) is 6.07 Å². The fourth-order valence-electron chi connectivity index (χ4n) is 1.08. The van der Waals surface area contributed by atoms with Crippen LogP contribution in [0.5, 0.6) is 11.5 Å². The van der Waals surface area contributed by atoms with Crippen molar-refractivity contribution in [2.75, 3.05) is 13.2 Å². The summed E-state index contributed by atoms with van der Waals surface area (Å²) in [5.41, 5.74) is 5.31. The van der Waals surface area contributed by atoms with E-state index >= 15 is 0 Å². The Morgan fingerprint density at radius 3 is 2.62 bits per heavy atom. The van der Waals surface area contributed by atoms with E-state index in [9.17, 15) is 4.79 Å². The molecule has 0 aromatic heterocycles. The van der Waals surface area contributed by atoms with Crippen molar-refractivity contribution in [2.45, 2.75) is 13.0 Å². The van der Waals surface area contributed by atoms with Gasteiger partial charge in [-0.3, -0.25) is 4.79 Å². The van der Waals surface area contributed by atoms with Crippen molar-refractivity contribution in [1.82, 2.24) is 0 Å². The van der Waals surface area contributed by atoms with Crippen LogP contribution in [0.4, 0.5) is 0 Å². The Labute approximate surface area is 93.8 Å². The number of ether oxygens (including phenoxy) is 2. The second-order valence-electron chi connectivity index (χ2n) is 3.16. The Kier molecular flexibility index (Phi) is 4.60. The van der Waals surface area contributed by atoms with Gasteiger partial charge in [-0.2, -0.15) is 0 Å². The third-order valence-electron chi connectivity index (χ3n) is 1.86. The highest BCUT2D eigenvalue weighted by molar-refractivity contribution is 5.73. The zero-order valence-electron chi connectivity index (χ0n) is 9.05. The summed E-state index contributed by atoms with van der Waals surface area (Å²) in [6, 6.07) is 5.96. The van der Waals surface area contributed by atoms with E-state index < -0.39 is 12.0 Å². The molecular formula is C11H15NO4. The number of nitrogens with two attached hydrogens (primary N) is 1. The average Bonchev–Trinajstić information content (AvgIpc) is 2.26. The first-order chi connectivity index (χ1) is 7.63. The molecule has 5 heteroatoms. The molecule has 3 N–H and O–H groups in total. The SMILES string of the molecule is CCOc1cccc(OC[C@H](N)C(=O)O)c1. The van der Waals surface area contributed by atoms with Crippen LogP contribution in [0.15, 0.2) is 24.3 Å². The van der Waals surface area contributed by atoms with E-state index in [2.05, 4.69) is 0 Å². The van der Waals surface area contributed by atoms with Gasteiger partial charge < -0.3 is 20.3 Å². The van der Waals surface area contributed by atoms with E-state index in [0.717, 1.165) is 0 Å². The molecule has 0 unspecified atom stereocenters. The summed E-state index contributed by atoms with van der Waals surface area (Å²) in [6.07, 6.45) is 0. The first kappa shape index (κ1) is 12.3. The van der Waals surface area contributed by atoms with Gasteiger partial charge in [0.05, 0.1) is 6.61 Å². The van der Waals surface area contributed by atoms with Gasteiger partial charge >= 0.3 is 5.97 Å². The molecule has 1 aromatic rings. The van der Waals surface area contributed by atoms with Crippen LogP contribution in [0.25, 0.3) is 0 Å². The van der Waals surface area contributed by atoms with Gasteiger partial charge in [-0.15, -0.1) is 0 Å². The largest absolute Gasteiger partial charge is 0.494 e. The summed E-state index contributed by atoms with van der Waals surface area (Å²) >= 11 is 0. The van der Waals surface area contributed by atoms with E-state index in [4.69, 9.17) is 20.3 Å². The molecule has 0 spiro atoms. The molecule has 16 heavy (non-hydrogen) atoms. The fourth-order valence-corrected chi connectivity index (χ4v) is 1.08. The Morgan fingerprint density at radius 2 is 2.06 bits per heavy atom. The minimum Gasteiger partial charge on any atom is -0.494 e. The van der Waals surface area contributed by atoms with Gasteiger partial charge in [-0.1, -0.05) is 6.07 Å². The molecule has 0 radical (unpaired) electrons. The maximum Gasteiger partial charge on any atom is 0.324 e. The van der Waals surface area contributed by atoms with Crippen LogP contribution in [-0.2, 0) is 4.79 Å². The molecule has 88 valence electrons. The minimum atomic E-state index is -1.08. The standard InChI is InChI=1S/C11H15NO4/c1-2-15-8-4-3-5-9(6-8)16-7-10(12)11(13)14/h3-6,10H,2,7,12H2,1H3,(H,13,14)/t10-/m0/s1. The smallest absolute Gasteiger partial charge is 0.324 e. The van der Waals surface area contributed by atoms with E-state index in [1.807, 2.05) is 6.92 Å². The van der Waals surface area contributed by atoms with Gasteiger partial charge in [0.25, 0.3) is 0 Å². The monoisotopic (exact) mass is 225 g/mol. The minimum absolute atomic E-state index is 0.0646. The Balaban J connectivity index is 2.53. The topological polar surface area (TPSA) is 81.8 Å². The first-order valence-electron chi connectivity index (χ1n) is 4.97. The third kappa shape index (κ3) is 3.78. The van der Waals surface area contributed by atoms with E-state index in [1.54, 1.807) is 24.3 Å². The molecule has 0 fully saturated rings. The van der Waals surface area contributed by atoms with E-state index in [1.165, 1.54) is 0 Å². The van der Waals surface area contributed by atoms with Crippen molar-refractivity contribution in [2.24, 2.45) is 5.73 Å². The number of hydrogen-bond donors (Lipinski definition) is 2. The maximum absolute atomic E-state index is 10.5. The Bertz CT molecular complexity index is 354. The number of carbonyl (C=O) groups is 1. The van der Waals surface area contributed by atoms with Crippen LogP contribution >= 0.6 is 0 Å². The normalized spacial score (nSPS) is 11.9. The average molecular weight is 225 g/mol. The van der Waals surface area contributed by atoms with Crippen LogP contribution in [0, 0.1) is 0 Å². The quantitative estimate of drug-likeness (QED) is 0.750. The lowest BCUT2D eigenvalue weighted by molar-refractivity contribution is -0.139. The zero-order chi connectivity index (χ0) is 12.0. The van der Waals surface area contributed by atoms with Gasteiger partial charge in [-0.25, -0.2) is 0 Å². The van der Waals surface area contributed by atoms with Crippen LogP contribution in [0.2, 0.25) is 0 Å². The van der Waals surface area contributed by atoms with Crippen molar-refractivity contribution in [3.8, 4) is 11.5 Å². The third-order valence-corrected chi connectivity index (χ3v) is 1.86. The van der Waals surface area contributed by atoms with Crippen molar-refractivity contribution in [3.63, 3.8) is 0 Å². The number of aliphatic carboxylic acids is 1. The molecule has 1 rings (SSSR count). The number of carboxylic acid groups (broad SMARTS) is 1. The molecule has 0 heterocycles. The van der Waals surface area contributed by atoms with Crippen LogP contribution in [0.3, 0.4) is 0 Å². The molecule has 0 saturated heterocycles. The highest BCUT2D eigenvalue weighted by atomic mass is 16.5. The first-order valence-corrected chi connectivity index (χ1v) is 4.97. The molecule has 0 aliphatic rings. The molecule has 0 aliphatic carbocycles. The van der Waals surface area contributed by atoms with Crippen LogP contribution < -0.4 is 15.2 Å². The number of carboxylic acids is 1. The predicted octanol–water partition coefficient (Wildman–Crippen LogP) is 0.876. The molecule has 1 atom stereocenters. The maximum atomic E-state index is 10.5. The fraction of sp³-hybridized carbons (Fsp3) is 0.364. The summed E-state index contributed by atoms with van der Waals surface area (Å²) in [4.78, 5) is 10.5. The summed E-state index contributed by atoms with van der Waals surface area (Å²) < 4.78 is 10.5. The highest BCUT2D eigenvalue weighted by Gasteiger charge is 2.11. The van der Waals surface area contributed by atoms with Crippen molar-refractivity contribution < 1.29 is 19.4 Å². The van der Waals surface area contributed by atoms with Gasteiger partial charge in [0.1, 0.15) is 24.1 Å². The molecule has 5 nitrogen and oxygen atoms in total. The molecular weight excluding hydrogens is 210 g/mol. The summed E-state index contributed by atoms with van der Waals surface area (Å²) in [7, 11) is 0. The van der Waals surface area contributed by atoms with Gasteiger partial charge in [-0.05, 0) is 19.1 Å². The lowest BCUT2D eigenvalue weighted by atomic mass is 10.3. The van der Waals surface area contributed by atoms with E-state index in [-0.39, 0.29) is 6.61 Å². The van der Waals surface area contributed by atoms with Gasteiger partial charge in [0.2, 0.25) is 0 Å². The van der Waals surface area contributed by atoms with E-state index in [0.29, 0.717) is 18.1 Å². The summed E-state index contributed by atoms with van der Waals surface area (Å²) in [5.74, 6) is 0.146. The Morgan fingerprint density at radius 1 is 1.44 bits per heavy atom. The lowest BCUT2D eigenvalue weighted by Gasteiger charge is -2.10. The highest BCUT2D eigenvalue weighted by Crippen LogP contribution is 2.19. The molecule has 0 aliphatic heterocycles. The van der Waals surface area contributed by atoms with Crippen LogP contribution in [-0.4, -0.2) is 30.3 Å². The molecule has 0 saturated carbocycles. The van der Waals surface area contributed by atoms with Crippen molar-refractivity contribution in [3.05, 3.63) is 24.3 Å².